The number of esters is 2. The molecular weight excluding hydrogens is 493 g/mol. The molecule has 0 unspecified atom stereocenters. The number of carbonyl (C=O) groups excluding carboxylic acids is 2. The summed E-state index contributed by atoms with van der Waals surface area (Å²) in [6.07, 6.45) is -5.08. The fraction of sp³-hybridized carbons (Fsp3) is 0.148. The number of halogens is 3. The first-order valence-corrected chi connectivity index (χ1v) is 11.0. The van der Waals surface area contributed by atoms with E-state index in [0.717, 1.165) is 6.07 Å². The van der Waals surface area contributed by atoms with Crippen LogP contribution in [0.4, 0.5) is 13.2 Å². The fourth-order valence-electron chi connectivity index (χ4n) is 3.45. The van der Waals surface area contributed by atoms with Gasteiger partial charge < -0.3 is 18.6 Å². The number of carbonyl (C=O) groups is 2. The molecule has 190 valence electrons. The van der Waals surface area contributed by atoms with Crippen LogP contribution in [0.5, 0.6) is 17.2 Å². The molecule has 3 aromatic carbocycles. The smallest absolute Gasteiger partial charge is 0.453 e. The van der Waals surface area contributed by atoms with Gasteiger partial charge in [-0.2, -0.15) is 13.2 Å². The highest BCUT2D eigenvalue weighted by Crippen LogP contribution is 2.38. The van der Waals surface area contributed by atoms with Gasteiger partial charge in [-0.3, -0.25) is 4.79 Å². The van der Waals surface area contributed by atoms with Crippen molar-refractivity contribution >= 4 is 22.9 Å². The van der Waals surface area contributed by atoms with Gasteiger partial charge in [0, 0.05) is 6.07 Å². The zero-order valence-corrected chi connectivity index (χ0v) is 19.5. The topological polar surface area (TPSA) is 92.0 Å². The van der Waals surface area contributed by atoms with Crippen LogP contribution in [-0.4, -0.2) is 18.5 Å². The van der Waals surface area contributed by atoms with Crippen LogP contribution >= 0.6 is 0 Å². The van der Waals surface area contributed by atoms with E-state index in [1.807, 2.05) is 0 Å². The molecule has 0 fully saturated rings. The van der Waals surface area contributed by atoms with Crippen molar-refractivity contribution < 1.29 is 41.4 Å². The predicted octanol–water partition coefficient (Wildman–Crippen LogP) is 6.31. The molecule has 0 N–H and O–H groups in total. The van der Waals surface area contributed by atoms with Gasteiger partial charge in [-0.25, -0.2) is 9.59 Å². The summed E-state index contributed by atoms with van der Waals surface area (Å²) < 4.78 is 61.9. The molecule has 37 heavy (non-hydrogen) atoms. The van der Waals surface area contributed by atoms with Crippen LogP contribution < -0.4 is 14.9 Å². The molecule has 4 rings (SSSR count). The second-order valence-corrected chi connectivity index (χ2v) is 7.80. The minimum Gasteiger partial charge on any atom is -0.462 e. The molecule has 0 amide bonds. The molecule has 1 aromatic heterocycles. The highest BCUT2D eigenvalue weighted by Gasteiger charge is 2.40. The van der Waals surface area contributed by atoms with Gasteiger partial charge in [0.2, 0.25) is 11.2 Å². The van der Waals surface area contributed by atoms with Crippen molar-refractivity contribution in [1.82, 2.24) is 0 Å². The first-order chi connectivity index (χ1) is 17.6. The molecule has 0 spiro atoms. The maximum atomic E-state index is 13.8. The van der Waals surface area contributed by atoms with Gasteiger partial charge in [0.15, 0.2) is 0 Å². The van der Waals surface area contributed by atoms with Gasteiger partial charge in [-0.1, -0.05) is 18.2 Å². The van der Waals surface area contributed by atoms with E-state index in [0.29, 0.717) is 5.56 Å². The minimum absolute atomic E-state index is 0.111. The maximum absolute atomic E-state index is 13.8. The molecule has 7 nitrogen and oxygen atoms in total. The van der Waals surface area contributed by atoms with Crippen LogP contribution in [0.1, 0.15) is 39.0 Å². The Balaban J connectivity index is 1.70. The first-order valence-electron chi connectivity index (χ1n) is 11.0. The Hall–Kier alpha value is -4.60. The van der Waals surface area contributed by atoms with Gasteiger partial charge in [0.25, 0.3) is 5.76 Å². The predicted molar refractivity (Wildman–Crippen MR) is 126 cm³/mol. The van der Waals surface area contributed by atoms with E-state index >= 15 is 0 Å². The second kappa shape index (κ2) is 10.2. The summed E-state index contributed by atoms with van der Waals surface area (Å²) in [4.78, 5) is 37.3. The highest BCUT2D eigenvalue weighted by atomic mass is 19.4. The van der Waals surface area contributed by atoms with E-state index in [1.54, 1.807) is 38.1 Å². The molecule has 0 atom stereocenters. The van der Waals surface area contributed by atoms with Gasteiger partial charge in [-0.05, 0) is 61.9 Å². The van der Waals surface area contributed by atoms with Gasteiger partial charge >= 0.3 is 18.1 Å². The number of hydrogen-bond donors (Lipinski definition) is 0. The number of fused-ring (bicyclic) bond motifs is 1. The van der Waals surface area contributed by atoms with E-state index in [-0.39, 0.29) is 34.6 Å². The van der Waals surface area contributed by atoms with Crippen molar-refractivity contribution in [3.05, 3.63) is 99.4 Å². The van der Waals surface area contributed by atoms with E-state index in [9.17, 15) is 27.6 Å². The first kappa shape index (κ1) is 25.5. The fourth-order valence-corrected chi connectivity index (χ4v) is 3.45. The van der Waals surface area contributed by atoms with Crippen molar-refractivity contribution in [2.24, 2.45) is 0 Å². The zero-order valence-electron chi connectivity index (χ0n) is 19.5. The summed E-state index contributed by atoms with van der Waals surface area (Å²) in [6, 6.07) is 15.1. The number of benzene rings is 3. The molecular formula is C27H19F3O7. The van der Waals surface area contributed by atoms with Crippen molar-refractivity contribution in [2.45, 2.75) is 20.0 Å². The normalized spacial score (nSPS) is 11.3. The Labute approximate surface area is 208 Å². The molecule has 0 aliphatic heterocycles. The standard InChI is InChI=1S/C27H19F3O7/c1-3-34-25(32)16-8-10-17(11-9-16)35-23-22(31)20-13-12-18(14-21(20)37-24(23)27(28,29)30)36-26(33)19-7-5-4-6-15(19)2/h4-14H,3H2,1-2H3. The summed E-state index contributed by atoms with van der Waals surface area (Å²) in [7, 11) is 0. The summed E-state index contributed by atoms with van der Waals surface area (Å²) in [5.41, 5.74) is -0.449. The lowest BCUT2D eigenvalue weighted by Gasteiger charge is -2.14. The number of aryl methyl sites for hydroxylation is 1. The Morgan fingerprint density at radius 1 is 0.919 bits per heavy atom. The monoisotopic (exact) mass is 512 g/mol. The summed E-state index contributed by atoms with van der Waals surface area (Å²) in [5.74, 6) is -4.32. The lowest BCUT2D eigenvalue weighted by molar-refractivity contribution is -0.154. The number of hydrogen-bond acceptors (Lipinski definition) is 7. The Bertz CT molecular complexity index is 1540. The number of rotatable bonds is 6. The molecule has 0 aliphatic carbocycles. The molecule has 4 aromatic rings. The quantitative estimate of drug-likeness (QED) is 0.221. The SMILES string of the molecule is CCOC(=O)c1ccc(Oc2c(C(F)(F)F)oc3cc(OC(=O)c4ccccc4C)ccc3c2=O)cc1. The molecule has 0 bridgehead atoms. The summed E-state index contributed by atoms with van der Waals surface area (Å²) in [6.45, 7) is 3.48. The lowest BCUT2D eigenvalue weighted by Crippen LogP contribution is -2.16. The lowest BCUT2D eigenvalue weighted by atomic mass is 10.1. The van der Waals surface area contributed by atoms with Crippen molar-refractivity contribution in [2.75, 3.05) is 6.61 Å². The third-order valence-electron chi connectivity index (χ3n) is 5.24. The van der Waals surface area contributed by atoms with E-state index in [2.05, 4.69) is 0 Å². The molecule has 0 saturated carbocycles. The third-order valence-corrected chi connectivity index (χ3v) is 5.24. The van der Waals surface area contributed by atoms with Crippen LogP contribution in [0.15, 0.2) is 75.9 Å². The van der Waals surface area contributed by atoms with Crippen LogP contribution in [0.3, 0.4) is 0 Å². The average Bonchev–Trinajstić information content (AvgIpc) is 2.85. The second-order valence-electron chi connectivity index (χ2n) is 7.80. The maximum Gasteiger partial charge on any atom is 0.453 e. The highest BCUT2D eigenvalue weighted by molar-refractivity contribution is 5.93. The van der Waals surface area contributed by atoms with Crippen LogP contribution in [0.25, 0.3) is 11.0 Å². The van der Waals surface area contributed by atoms with Crippen molar-refractivity contribution in [3.63, 3.8) is 0 Å². The van der Waals surface area contributed by atoms with E-state index < -0.39 is 40.6 Å². The Morgan fingerprint density at radius 3 is 2.24 bits per heavy atom. The van der Waals surface area contributed by atoms with Crippen molar-refractivity contribution in [1.29, 1.82) is 0 Å². The number of alkyl halides is 3. The molecule has 1 heterocycles. The number of ether oxygens (including phenoxy) is 3. The minimum atomic E-state index is -5.08. The van der Waals surface area contributed by atoms with E-state index in [4.69, 9.17) is 18.6 Å². The van der Waals surface area contributed by atoms with Crippen LogP contribution in [0, 0.1) is 6.92 Å². The Morgan fingerprint density at radius 2 is 1.59 bits per heavy atom. The molecule has 0 saturated heterocycles. The van der Waals surface area contributed by atoms with Crippen LogP contribution in [0.2, 0.25) is 0 Å². The third kappa shape index (κ3) is 5.48. The largest absolute Gasteiger partial charge is 0.462 e. The molecule has 0 radical (unpaired) electrons. The van der Waals surface area contributed by atoms with Crippen molar-refractivity contribution in [3.8, 4) is 17.2 Å². The average molecular weight is 512 g/mol. The Kier molecular flexibility index (Phi) is 7.01. The molecule has 10 heteroatoms. The van der Waals surface area contributed by atoms with Gasteiger partial charge in [0.05, 0.1) is 23.1 Å². The van der Waals surface area contributed by atoms with Gasteiger partial charge in [-0.15, -0.1) is 0 Å². The molecule has 0 aliphatic rings. The summed E-state index contributed by atoms with van der Waals surface area (Å²) >= 11 is 0. The van der Waals surface area contributed by atoms with Gasteiger partial charge in [0.1, 0.15) is 17.1 Å². The zero-order chi connectivity index (χ0) is 26.7. The van der Waals surface area contributed by atoms with Crippen LogP contribution in [-0.2, 0) is 10.9 Å². The van der Waals surface area contributed by atoms with E-state index in [1.165, 1.54) is 36.4 Å². The summed E-state index contributed by atoms with van der Waals surface area (Å²) in [5, 5.41) is -0.221.